The number of para-hydroxylation sites is 1. The summed E-state index contributed by atoms with van der Waals surface area (Å²) in [5, 5.41) is 8.13. The highest BCUT2D eigenvalue weighted by Crippen LogP contribution is 2.39. The quantitative estimate of drug-likeness (QED) is 0.153. The minimum Gasteiger partial charge on any atom is -0.493 e. The summed E-state index contributed by atoms with van der Waals surface area (Å²) in [6.07, 6.45) is 3.28. The molecule has 2 aromatic heterocycles. The van der Waals surface area contributed by atoms with Crippen LogP contribution in [0.1, 0.15) is 59.2 Å². The van der Waals surface area contributed by atoms with Crippen molar-refractivity contribution in [3.63, 3.8) is 0 Å². The molecule has 0 spiro atoms. The van der Waals surface area contributed by atoms with Gasteiger partial charge in [0.15, 0.2) is 0 Å². The molecule has 3 heterocycles. The van der Waals surface area contributed by atoms with E-state index in [9.17, 15) is 4.79 Å². The van der Waals surface area contributed by atoms with E-state index in [1.807, 2.05) is 37.7 Å². The molecule has 0 amide bonds. The number of hydrogen-bond acceptors (Lipinski definition) is 5. The van der Waals surface area contributed by atoms with Crippen molar-refractivity contribution in [3.05, 3.63) is 82.8 Å². The lowest BCUT2D eigenvalue weighted by atomic mass is 9.98. The van der Waals surface area contributed by atoms with Gasteiger partial charge in [0.1, 0.15) is 11.4 Å². The fourth-order valence-electron chi connectivity index (χ4n) is 6.37. The zero-order chi connectivity index (χ0) is 29.2. The Kier molecular flexibility index (Phi) is 8.02. The Morgan fingerprint density at radius 2 is 1.90 bits per heavy atom. The summed E-state index contributed by atoms with van der Waals surface area (Å²) in [6.45, 7) is 8.77. The van der Waals surface area contributed by atoms with Gasteiger partial charge >= 0.3 is 5.97 Å². The van der Waals surface area contributed by atoms with E-state index in [1.165, 1.54) is 10.9 Å². The summed E-state index contributed by atoms with van der Waals surface area (Å²) in [6, 6.07) is 19.0. The van der Waals surface area contributed by atoms with Crippen LogP contribution in [0.25, 0.3) is 32.8 Å². The van der Waals surface area contributed by atoms with Crippen molar-refractivity contribution in [3.8, 4) is 16.9 Å². The minimum absolute atomic E-state index is 0.269. The Hall–Kier alpha value is -4.10. The number of aromatic nitrogens is 3. The molecule has 42 heavy (non-hydrogen) atoms. The third-order valence-corrected chi connectivity index (χ3v) is 8.25. The van der Waals surface area contributed by atoms with Crippen LogP contribution in [0.3, 0.4) is 0 Å². The molecule has 1 aliphatic heterocycles. The molecule has 0 fully saturated rings. The van der Waals surface area contributed by atoms with Crippen LogP contribution in [0.2, 0.25) is 0 Å². The van der Waals surface area contributed by atoms with Crippen LogP contribution in [0.5, 0.6) is 5.75 Å². The molecule has 0 atom stereocenters. The summed E-state index contributed by atoms with van der Waals surface area (Å²) in [5.41, 5.74) is 8.13. The molecule has 3 aromatic carbocycles. The third kappa shape index (κ3) is 5.18. The van der Waals surface area contributed by atoms with Crippen LogP contribution in [0, 0.1) is 13.8 Å². The molecule has 218 valence electrons. The maximum Gasteiger partial charge on any atom is 0.355 e. The first-order valence-corrected chi connectivity index (χ1v) is 15.0. The van der Waals surface area contributed by atoms with Crippen molar-refractivity contribution in [2.45, 2.75) is 59.6 Å². The molecule has 0 unspecified atom stereocenters. The lowest BCUT2D eigenvalue weighted by Gasteiger charge is -2.13. The maximum atomic E-state index is 13.6. The predicted molar refractivity (Wildman–Crippen MR) is 166 cm³/mol. The number of carbonyl (C=O) groups excluding carboxylic acids is 1. The Morgan fingerprint density at radius 1 is 1.05 bits per heavy atom. The van der Waals surface area contributed by atoms with Gasteiger partial charge in [-0.1, -0.05) is 48.0 Å². The minimum atomic E-state index is -0.269. The number of nitrogens with zero attached hydrogens (tertiary/aromatic N) is 3. The van der Waals surface area contributed by atoms with Crippen molar-refractivity contribution < 1.29 is 19.0 Å². The van der Waals surface area contributed by atoms with E-state index >= 15 is 0 Å². The molecule has 0 saturated carbocycles. The highest BCUT2D eigenvalue weighted by atomic mass is 16.5. The van der Waals surface area contributed by atoms with Crippen LogP contribution in [0.4, 0.5) is 0 Å². The first-order valence-electron chi connectivity index (χ1n) is 15.0. The molecule has 0 radical (unpaired) electrons. The summed E-state index contributed by atoms with van der Waals surface area (Å²) in [4.78, 5) is 13.6. The van der Waals surface area contributed by atoms with Gasteiger partial charge in [-0.25, -0.2) is 4.79 Å². The molecule has 7 heteroatoms. The summed E-state index contributed by atoms with van der Waals surface area (Å²) in [7, 11) is 1.97. The van der Waals surface area contributed by atoms with Gasteiger partial charge in [-0.15, -0.1) is 0 Å². The Balaban J connectivity index is 1.41. The van der Waals surface area contributed by atoms with Gasteiger partial charge in [0.2, 0.25) is 0 Å². The normalized spacial score (nSPS) is 13.6. The second-order valence-electron chi connectivity index (χ2n) is 11.1. The van der Waals surface area contributed by atoms with E-state index in [1.54, 1.807) is 0 Å². The average molecular weight is 566 g/mol. The van der Waals surface area contributed by atoms with Crippen LogP contribution < -0.4 is 4.74 Å². The van der Waals surface area contributed by atoms with E-state index in [0.29, 0.717) is 45.1 Å². The molecule has 0 aliphatic carbocycles. The van der Waals surface area contributed by atoms with Crippen molar-refractivity contribution >= 4 is 27.6 Å². The lowest BCUT2D eigenvalue weighted by Crippen LogP contribution is -2.15. The Labute approximate surface area is 247 Å². The SMILES string of the molecule is CCOC(=O)c1c(CCCOc2cccc3ccc(C)cc23)c2cccc3c2n1CCCCOCc1c-3c(C)nn1C. The van der Waals surface area contributed by atoms with Crippen LogP contribution in [-0.4, -0.2) is 40.1 Å². The molecule has 1 aliphatic rings. The van der Waals surface area contributed by atoms with Gasteiger partial charge < -0.3 is 18.8 Å². The number of benzene rings is 3. The number of aryl methyl sites for hydroxylation is 5. The number of ether oxygens (including phenoxy) is 3. The largest absolute Gasteiger partial charge is 0.493 e. The fraction of sp³-hybridized carbons (Fsp3) is 0.371. The predicted octanol–water partition coefficient (Wildman–Crippen LogP) is 7.31. The van der Waals surface area contributed by atoms with Crippen LogP contribution >= 0.6 is 0 Å². The van der Waals surface area contributed by atoms with Crippen LogP contribution in [0.15, 0.2) is 54.6 Å². The molecular weight excluding hydrogens is 526 g/mol. The monoisotopic (exact) mass is 565 g/mol. The Bertz CT molecular complexity index is 1760. The van der Waals surface area contributed by atoms with Crippen molar-refractivity contribution in [2.75, 3.05) is 19.8 Å². The summed E-state index contributed by atoms with van der Waals surface area (Å²) in [5.74, 6) is 0.622. The van der Waals surface area contributed by atoms with E-state index < -0.39 is 0 Å². The number of esters is 1. The van der Waals surface area contributed by atoms with Crippen molar-refractivity contribution in [1.29, 1.82) is 0 Å². The number of rotatable bonds is 7. The van der Waals surface area contributed by atoms with Gasteiger partial charge in [-0.2, -0.15) is 5.10 Å². The highest BCUT2D eigenvalue weighted by Gasteiger charge is 2.28. The van der Waals surface area contributed by atoms with Gasteiger partial charge in [0.25, 0.3) is 0 Å². The summed E-state index contributed by atoms with van der Waals surface area (Å²) >= 11 is 0. The first-order chi connectivity index (χ1) is 20.5. The van der Waals surface area contributed by atoms with E-state index in [2.05, 4.69) is 54.0 Å². The standard InChI is InChI=1S/C35H39N3O4/c1-5-41-35(39)34-27(14-10-20-42-31-15-8-11-25-17-16-23(2)21-29(25)31)26-12-9-13-28-32-24(3)36-37(4)30(32)22-40-19-7-6-18-38(34)33(26)28/h8-9,11-13,15-17,21H,5-7,10,14,18-20,22H2,1-4H3. The topological polar surface area (TPSA) is 67.5 Å². The highest BCUT2D eigenvalue weighted by molar-refractivity contribution is 6.05. The first kappa shape index (κ1) is 28.0. The summed E-state index contributed by atoms with van der Waals surface area (Å²) < 4.78 is 22.2. The average Bonchev–Trinajstić information content (AvgIpc) is 3.43. The fourth-order valence-corrected chi connectivity index (χ4v) is 6.37. The molecule has 5 aromatic rings. The van der Waals surface area contributed by atoms with Crippen molar-refractivity contribution in [2.24, 2.45) is 7.05 Å². The number of carbonyl (C=O) groups is 1. The second kappa shape index (κ2) is 12.0. The van der Waals surface area contributed by atoms with E-state index in [0.717, 1.165) is 69.4 Å². The van der Waals surface area contributed by atoms with E-state index in [4.69, 9.17) is 19.3 Å². The lowest BCUT2D eigenvalue weighted by molar-refractivity contribution is 0.0512. The zero-order valence-electron chi connectivity index (χ0n) is 25.0. The van der Waals surface area contributed by atoms with E-state index in [-0.39, 0.29) is 5.97 Å². The number of hydrogen-bond donors (Lipinski definition) is 0. The van der Waals surface area contributed by atoms with Gasteiger partial charge in [-0.05, 0) is 69.5 Å². The molecular formula is C35H39N3O4. The molecule has 0 saturated heterocycles. The molecule has 0 N–H and O–H groups in total. The number of fused-ring (bicyclic) bond motifs is 3. The van der Waals surface area contributed by atoms with Crippen LogP contribution in [-0.2, 0) is 36.1 Å². The van der Waals surface area contributed by atoms with Gasteiger partial charge in [0, 0.05) is 42.1 Å². The molecule has 0 bridgehead atoms. The molecule has 7 nitrogen and oxygen atoms in total. The van der Waals surface area contributed by atoms with Crippen molar-refractivity contribution in [1.82, 2.24) is 14.3 Å². The van der Waals surface area contributed by atoms with Gasteiger partial charge in [-0.3, -0.25) is 4.68 Å². The molecule has 6 rings (SSSR count). The second-order valence-corrected chi connectivity index (χ2v) is 11.1. The zero-order valence-corrected chi connectivity index (χ0v) is 25.0. The maximum absolute atomic E-state index is 13.6. The van der Waals surface area contributed by atoms with Gasteiger partial charge in [0.05, 0.1) is 36.7 Å². The Morgan fingerprint density at radius 3 is 2.76 bits per heavy atom. The smallest absolute Gasteiger partial charge is 0.355 e. The third-order valence-electron chi connectivity index (χ3n) is 8.25.